The number of benzene rings is 2. The number of hydrogen-bond donors (Lipinski definition) is 2. The Kier molecular flexibility index (Phi) is 9.53. The number of unbranched alkanes of at least 4 members (excludes halogenated alkanes) is 1. The van der Waals surface area contributed by atoms with Crippen molar-refractivity contribution in [2.75, 3.05) is 24.2 Å². The average Bonchev–Trinajstić information content (AvgIpc) is 3.25. The SMILES string of the molecule is C=CCNC(=O)CSc1nc(-c2ccccc2)c(NC(=O)c2ccc(OCCCC)cc2)s1. The highest BCUT2D eigenvalue weighted by Crippen LogP contribution is 2.37. The van der Waals surface area contributed by atoms with Gasteiger partial charge in [-0.15, -0.1) is 6.58 Å². The number of nitrogens with zero attached hydrogens (tertiary/aromatic N) is 1. The van der Waals surface area contributed by atoms with E-state index in [4.69, 9.17) is 4.74 Å². The van der Waals surface area contributed by atoms with Crippen LogP contribution < -0.4 is 15.4 Å². The van der Waals surface area contributed by atoms with Gasteiger partial charge < -0.3 is 15.4 Å². The normalized spacial score (nSPS) is 10.5. The Hall–Kier alpha value is -3.10. The van der Waals surface area contributed by atoms with Gasteiger partial charge in [-0.1, -0.05) is 72.9 Å². The quantitative estimate of drug-likeness (QED) is 0.199. The summed E-state index contributed by atoms with van der Waals surface area (Å²) in [6, 6.07) is 16.8. The first kappa shape index (κ1) is 24.5. The highest BCUT2D eigenvalue weighted by Gasteiger charge is 2.17. The fraction of sp³-hybridized carbons (Fsp3) is 0.240. The highest BCUT2D eigenvalue weighted by atomic mass is 32.2. The molecule has 0 bridgehead atoms. The fourth-order valence-corrected chi connectivity index (χ4v) is 4.71. The van der Waals surface area contributed by atoms with Crippen LogP contribution in [0.4, 0.5) is 5.00 Å². The van der Waals surface area contributed by atoms with Crippen molar-refractivity contribution >= 4 is 39.9 Å². The lowest BCUT2D eigenvalue weighted by molar-refractivity contribution is -0.118. The fourth-order valence-electron chi connectivity index (χ4n) is 2.82. The van der Waals surface area contributed by atoms with Crippen LogP contribution in [0.1, 0.15) is 30.1 Å². The van der Waals surface area contributed by atoms with Crippen LogP contribution in [0, 0.1) is 0 Å². The molecule has 1 heterocycles. The number of aromatic nitrogens is 1. The number of ether oxygens (including phenoxy) is 1. The Balaban J connectivity index is 1.73. The predicted octanol–water partition coefficient (Wildman–Crippen LogP) is 5.64. The summed E-state index contributed by atoms with van der Waals surface area (Å²) in [5, 5.41) is 6.38. The summed E-state index contributed by atoms with van der Waals surface area (Å²) in [6.45, 7) is 6.80. The molecular formula is C25H27N3O3S2. The van der Waals surface area contributed by atoms with E-state index in [0.717, 1.165) is 24.2 Å². The van der Waals surface area contributed by atoms with Gasteiger partial charge in [0.05, 0.1) is 12.4 Å². The number of carbonyl (C=O) groups excluding carboxylic acids is 2. The molecule has 2 amide bonds. The lowest BCUT2D eigenvalue weighted by Gasteiger charge is -2.08. The predicted molar refractivity (Wildman–Crippen MR) is 136 cm³/mol. The number of anilines is 1. The molecule has 0 unspecified atom stereocenters. The molecule has 0 saturated carbocycles. The van der Waals surface area contributed by atoms with Gasteiger partial charge >= 0.3 is 0 Å². The Bertz CT molecular complexity index is 1070. The number of rotatable bonds is 12. The number of thiazole rings is 1. The number of carbonyl (C=O) groups is 2. The number of thioether (sulfide) groups is 1. The van der Waals surface area contributed by atoms with Crippen molar-refractivity contribution in [3.05, 3.63) is 72.8 Å². The molecule has 1 aromatic heterocycles. The minimum atomic E-state index is -0.226. The second kappa shape index (κ2) is 12.8. The second-order valence-corrected chi connectivity index (χ2v) is 9.31. The van der Waals surface area contributed by atoms with E-state index in [9.17, 15) is 9.59 Å². The maximum absolute atomic E-state index is 12.9. The van der Waals surface area contributed by atoms with E-state index in [-0.39, 0.29) is 17.6 Å². The molecule has 0 atom stereocenters. The van der Waals surface area contributed by atoms with E-state index in [0.29, 0.717) is 33.7 Å². The summed E-state index contributed by atoms with van der Waals surface area (Å²) >= 11 is 2.69. The van der Waals surface area contributed by atoms with Crippen LogP contribution >= 0.6 is 23.1 Å². The molecule has 0 aliphatic rings. The molecule has 0 fully saturated rings. The van der Waals surface area contributed by atoms with Gasteiger partial charge in [0.1, 0.15) is 16.4 Å². The molecule has 6 nitrogen and oxygen atoms in total. The Morgan fingerprint density at radius 3 is 2.61 bits per heavy atom. The van der Waals surface area contributed by atoms with Gasteiger partial charge in [0.25, 0.3) is 5.91 Å². The molecule has 3 aromatic rings. The van der Waals surface area contributed by atoms with Crippen LogP contribution in [0.25, 0.3) is 11.3 Å². The van der Waals surface area contributed by atoms with Crippen molar-refractivity contribution in [1.82, 2.24) is 10.3 Å². The Morgan fingerprint density at radius 1 is 1.15 bits per heavy atom. The molecule has 0 aliphatic heterocycles. The average molecular weight is 482 g/mol. The van der Waals surface area contributed by atoms with Gasteiger partial charge in [0.15, 0.2) is 4.34 Å². The number of nitrogens with one attached hydrogen (secondary N) is 2. The van der Waals surface area contributed by atoms with E-state index in [1.165, 1.54) is 23.1 Å². The maximum atomic E-state index is 12.9. The van der Waals surface area contributed by atoms with Crippen LogP contribution in [0.5, 0.6) is 5.75 Å². The van der Waals surface area contributed by atoms with E-state index in [2.05, 4.69) is 29.1 Å². The van der Waals surface area contributed by atoms with Gasteiger partial charge in [0, 0.05) is 17.7 Å². The first-order valence-electron chi connectivity index (χ1n) is 10.7. The third-order valence-corrected chi connectivity index (χ3v) is 6.65. The summed E-state index contributed by atoms with van der Waals surface area (Å²) < 4.78 is 6.38. The molecule has 0 radical (unpaired) electrons. The van der Waals surface area contributed by atoms with Crippen LogP contribution in [0.3, 0.4) is 0 Å². The molecule has 2 N–H and O–H groups in total. The van der Waals surface area contributed by atoms with Crippen LogP contribution in [0.15, 0.2) is 71.6 Å². The zero-order chi connectivity index (χ0) is 23.5. The Morgan fingerprint density at radius 2 is 1.91 bits per heavy atom. The molecule has 3 rings (SSSR count). The van der Waals surface area contributed by atoms with Gasteiger partial charge in [-0.2, -0.15) is 0 Å². The van der Waals surface area contributed by atoms with Crippen molar-refractivity contribution in [1.29, 1.82) is 0 Å². The van der Waals surface area contributed by atoms with E-state index >= 15 is 0 Å². The molecule has 0 spiro atoms. The third kappa shape index (κ3) is 7.47. The van der Waals surface area contributed by atoms with Gasteiger partial charge in [-0.3, -0.25) is 9.59 Å². The summed E-state index contributed by atoms with van der Waals surface area (Å²) in [5.41, 5.74) is 2.11. The highest BCUT2D eigenvalue weighted by molar-refractivity contribution is 8.01. The van der Waals surface area contributed by atoms with Crippen molar-refractivity contribution in [2.45, 2.75) is 24.1 Å². The summed E-state index contributed by atoms with van der Waals surface area (Å²) in [7, 11) is 0. The third-order valence-electron chi connectivity index (χ3n) is 4.54. The Labute approximate surface area is 202 Å². The zero-order valence-corrected chi connectivity index (χ0v) is 20.1. The monoisotopic (exact) mass is 481 g/mol. The number of amides is 2. The van der Waals surface area contributed by atoms with E-state index in [1.807, 2.05) is 30.3 Å². The summed E-state index contributed by atoms with van der Waals surface area (Å²) in [4.78, 5) is 29.5. The topological polar surface area (TPSA) is 80.3 Å². The molecular weight excluding hydrogens is 454 g/mol. The minimum absolute atomic E-state index is 0.0943. The van der Waals surface area contributed by atoms with Gasteiger partial charge in [-0.25, -0.2) is 4.98 Å². The lowest BCUT2D eigenvalue weighted by Crippen LogP contribution is -2.24. The van der Waals surface area contributed by atoms with Gasteiger partial charge in [0.2, 0.25) is 5.91 Å². The molecule has 0 saturated heterocycles. The first-order valence-corrected chi connectivity index (χ1v) is 12.5. The van der Waals surface area contributed by atoms with Crippen LogP contribution in [0.2, 0.25) is 0 Å². The van der Waals surface area contributed by atoms with Crippen molar-refractivity contribution in [3.63, 3.8) is 0 Å². The van der Waals surface area contributed by atoms with Crippen LogP contribution in [-0.4, -0.2) is 35.7 Å². The molecule has 8 heteroatoms. The smallest absolute Gasteiger partial charge is 0.256 e. The first-order chi connectivity index (χ1) is 16.1. The summed E-state index contributed by atoms with van der Waals surface area (Å²) in [6.07, 6.45) is 3.70. The van der Waals surface area contributed by atoms with Gasteiger partial charge in [-0.05, 0) is 30.7 Å². The van der Waals surface area contributed by atoms with Crippen LogP contribution in [-0.2, 0) is 4.79 Å². The van der Waals surface area contributed by atoms with E-state index < -0.39 is 0 Å². The van der Waals surface area contributed by atoms with Crippen molar-refractivity contribution in [2.24, 2.45) is 0 Å². The molecule has 0 aliphatic carbocycles. The van der Waals surface area contributed by atoms with Crippen molar-refractivity contribution in [3.8, 4) is 17.0 Å². The zero-order valence-electron chi connectivity index (χ0n) is 18.5. The molecule has 172 valence electrons. The maximum Gasteiger partial charge on any atom is 0.256 e. The van der Waals surface area contributed by atoms with Crippen molar-refractivity contribution < 1.29 is 14.3 Å². The lowest BCUT2D eigenvalue weighted by atomic mass is 10.1. The standard InChI is InChI=1S/C25H27N3O3S2/c1-3-5-16-31-20-13-11-19(12-14-20)23(30)28-24-22(18-9-7-6-8-10-18)27-25(33-24)32-17-21(29)26-15-4-2/h4,6-14H,2-3,5,15-17H2,1H3,(H,26,29)(H,28,30). The minimum Gasteiger partial charge on any atom is -0.494 e. The number of hydrogen-bond acceptors (Lipinski definition) is 6. The summed E-state index contributed by atoms with van der Waals surface area (Å²) in [5.74, 6) is 0.665. The molecule has 33 heavy (non-hydrogen) atoms. The largest absolute Gasteiger partial charge is 0.494 e. The molecule has 2 aromatic carbocycles. The van der Waals surface area contributed by atoms with E-state index in [1.54, 1.807) is 30.3 Å². The second-order valence-electron chi connectivity index (χ2n) is 7.09.